The lowest BCUT2D eigenvalue weighted by Crippen LogP contribution is -2.09. The Morgan fingerprint density at radius 2 is 1.15 bits per heavy atom. The van der Waals surface area contributed by atoms with Crippen LogP contribution in [0.4, 0.5) is 17.1 Å². The Morgan fingerprint density at radius 1 is 0.478 bits per heavy atom. The van der Waals surface area contributed by atoms with Crippen LogP contribution in [0.25, 0.3) is 65.7 Å². The molecule has 8 aromatic carbocycles. The van der Waals surface area contributed by atoms with Crippen LogP contribution in [0.15, 0.2) is 180 Å². The monoisotopic (exact) mass is 595 g/mol. The minimum absolute atomic E-state index is 0.0161. The molecule has 9 rings (SSSR count). The Labute approximate surface area is 278 Å². The van der Waals surface area contributed by atoms with Gasteiger partial charge in [0, 0.05) is 39.4 Å². The number of hydrogen-bond donors (Lipinski definition) is 0. The second kappa shape index (κ2) is 10.8. The van der Waals surface area contributed by atoms with E-state index >= 15 is 0 Å². The predicted molar refractivity (Wildman–Crippen MR) is 194 cm³/mol. The summed E-state index contributed by atoms with van der Waals surface area (Å²) in [5.74, 6) is 0. The van der Waals surface area contributed by atoms with Crippen molar-refractivity contribution >= 4 is 60.5 Å². The van der Waals surface area contributed by atoms with Crippen LogP contribution in [0.5, 0.6) is 0 Å². The van der Waals surface area contributed by atoms with Crippen molar-refractivity contribution in [3.05, 3.63) is 176 Å². The third-order valence-electron chi connectivity index (χ3n) is 8.37. The third kappa shape index (κ3) is 4.43. The molecular formula is C44H29NO. The Morgan fingerprint density at radius 3 is 1.96 bits per heavy atom. The highest BCUT2D eigenvalue weighted by atomic mass is 16.3. The molecule has 0 unspecified atom stereocenters. The van der Waals surface area contributed by atoms with Gasteiger partial charge in [-0.25, -0.2) is 0 Å². The Balaban J connectivity index is 1.39. The van der Waals surface area contributed by atoms with E-state index in [1.54, 1.807) is 29.2 Å². The summed E-state index contributed by atoms with van der Waals surface area (Å²) < 4.78 is 79.5. The normalized spacial score (nSPS) is 13.9. The van der Waals surface area contributed by atoms with Gasteiger partial charge in [0.1, 0.15) is 11.2 Å². The molecule has 216 valence electrons. The van der Waals surface area contributed by atoms with E-state index in [1.807, 2.05) is 103 Å². The SMILES string of the molecule is [2H]c1c([2H])c([2H])c2c(c1[2H])c([2H])c(-c1ccccc1)c1oc3c([2H])c(N(c4ccc(-c5ccccc5)cc4)c4ccc5ccccc5c4)c([2H])c([2H])c3c12. The summed E-state index contributed by atoms with van der Waals surface area (Å²) in [7, 11) is 0. The third-order valence-corrected chi connectivity index (χ3v) is 8.37. The lowest BCUT2D eigenvalue weighted by atomic mass is 9.96. The smallest absolute Gasteiger partial charge is 0.143 e. The Bertz CT molecular complexity index is 2960. The fourth-order valence-corrected chi connectivity index (χ4v) is 6.17. The van der Waals surface area contributed by atoms with Crippen molar-refractivity contribution in [2.24, 2.45) is 0 Å². The molecule has 0 saturated carbocycles. The molecule has 46 heavy (non-hydrogen) atoms. The standard InChI is InChI=1S/C44H29NO/c1-3-11-30(12-4-1)32-19-22-36(23-20-32)45(37-24-21-31-13-7-8-16-34(31)27-37)38-25-26-40-42(29-38)46-44-41(33-14-5-2-6-15-33)28-35-17-9-10-18-39(35)43(40)44/h1-29H/i9D,10D,17D,18D,25D,26D,28D,29D. The summed E-state index contributed by atoms with van der Waals surface area (Å²) in [5.41, 5.74) is 4.37. The van der Waals surface area contributed by atoms with Gasteiger partial charge in [0.25, 0.3) is 0 Å². The van der Waals surface area contributed by atoms with Crippen LogP contribution in [0.1, 0.15) is 11.0 Å². The number of rotatable bonds is 5. The van der Waals surface area contributed by atoms with Crippen LogP contribution < -0.4 is 4.90 Å². The first-order valence-corrected chi connectivity index (χ1v) is 15.0. The summed E-state index contributed by atoms with van der Waals surface area (Å²) >= 11 is 0. The lowest BCUT2D eigenvalue weighted by molar-refractivity contribution is 0.670. The van der Waals surface area contributed by atoms with Gasteiger partial charge in [0.15, 0.2) is 0 Å². The van der Waals surface area contributed by atoms with E-state index in [0.29, 0.717) is 16.9 Å². The number of hydrogen-bond acceptors (Lipinski definition) is 2. The fourth-order valence-electron chi connectivity index (χ4n) is 6.17. The van der Waals surface area contributed by atoms with Crippen LogP contribution in [-0.4, -0.2) is 0 Å². The van der Waals surface area contributed by atoms with Crippen molar-refractivity contribution in [1.82, 2.24) is 0 Å². The van der Waals surface area contributed by atoms with Crippen LogP contribution >= 0.6 is 0 Å². The molecule has 0 aliphatic carbocycles. The highest BCUT2D eigenvalue weighted by Crippen LogP contribution is 2.44. The highest BCUT2D eigenvalue weighted by Gasteiger charge is 2.19. The van der Waals surface area contributed by atoms with Crippen molar-refractivity contribution in [3.8, 4) is 22.3 Å². The molecule has 2 heteroatoms. The van der Waals surface area contributed by atoms with E-state index in [9.17, 15) is 5.48 Å². The van der Waals surface area contributed by atoms with Gasteiger partial charge in [-0.15, -0.1) is 0 Å². The van der Waals surface area contributed by atoms with E-state index in [2.05, 4.69) is 0 Å². The number of nitrogens with zero attached hydrogens (tertiary/aromatic N) is 1. The topological polar surface area (TPSA) is 16.4 Å². The molecule has 9 aromatic rings. The van der Waals surface area contributed by atoms with Crippen LogP contribution in [0.3, 0.4) is 0 Å². The summed E-state index contributed by atoms with van der Waals surface area (Å²) in [6.45, 7) is 0. The van der Waals surface area contributed by atoms with Gasteiger partial charge >= 0.3 is 0 Å². The van der Waals surface area contributed by atoms with E-state index < -0.39 is 12.1 Å². The molecular weight excluding hydrogens is 558 g/mol. The summed E-state index contributed by atoms with van der Waals surface area (Å²) in [6.07, 6.45) is 0. The van der Waals surface area contributed by atoms with Gasteiger partial charge in [-0.05, 0) is 80.6 Å². The molecule has 0 saturated heterocycles. The maximum atomic E-state index is 9.75. The Hall–Kier alpha value is -6.12. The van der Waals surface area contributed by atoms with Gasteiger partial charge in [-0.2, -0.15) is 0 Å². The Kier molecular flexibility index (Phi) is 4.53. The van der Waals surface area contributed by atoms with E-state index in [4.69, 9.17) is 9.90 Å². The van der Waals surface area contributed by atoms with E-state index in [0.717, 1.165) is 21.9 Å². The van der Waals surface area contributed by atoms with Crippen LogP contribution in [-0.2, 0) is 0 Å². The van der Waals surface area contributed by atoms with Crippen molar-refractivity contribution in [2.75, 3.05) is 4.90 Å². The van der Waals surface area contributed by atoms with Crippen molar-refractivity contribution in [2.45, 2.75) is 0 Å². The van der Waals surface area contributed by atoms with Crippen molar-refractivity contribution in [1.29, 1.82) is 0 Å². The van der Waals surface area contributed by atoms with Gasteiger partial charge in [0.2, 0.25) is 0 Å². The number of benzene rings is 8. The largest absolute Gasteiger partial charge is 0.455 e. The molecule has 0 atom stereocenters. The first-order valence-electron chi connectivity index (χ1n) is 19.0. The summed E-state index contributed by atoms with van der Waals surface area (Å²) in [5, 5.41) is 2.21. The molecule has 0 fully saturated rings. The molecule has 0 aliphatic heterocycles. The van der Waals surface area contributed by atoms with Crippen LogP contribution in [0.2, 0.25) is 0 Å². The highest BCUT2D eigenvalue weighted by molar-refractivity contribution is 6.22. The molecule has 1 aromatic heterocycles. The molecule has 0 amide bonds. The van der Waals surface area contributed by atoms with Crippen molar-refractivity contribution < 1.29 is 15.4 Å². The van der Waals surface area contributed by atoms with Crippen LogP contribution in [0, 0.1) is 0 Å². The number of anilines is 3. The quantitative estimate of drug-likeness (QED) is 0.197. The predicted octanol–water partition coefficient (Wildman–Crippen LogP) is 12.7. The molecule has 0 radical (unpaired) electrons. The van der Waals surface area contributed by atoms with Gasteiger partial charge in [-0.3, -0.25) is 0 Å². The molecule has 0 spiro atoms. The van der Waals surface area contributed by atoms with E-state index in [-0.39, 0.29) is 80.2 Å². The molecule has 0 bridgehead atoms. The number of fused-ring (bicyclic) bond motifs is 6. The average molecular weight is 596 g/mol. The first kappa shape index (κ1) is 19.3. The maximum absolute atomic E-state index is 9.75. The number of furan rings is 1. The fraction of sp³-hybridized carbons (Fsp3) is 0. The molecule has 1 heterocycles. The minimum Gasteiger partial charge on any atom is -0.455 e. The van der Waals surface area contributed by atoms with Gasteiger partial charge in [-0.1, -0.05) is 127 Å². The zero-order valence-corrected chi connectivity index (χ0v) is 24.5. The first-order chi connectivity index (χ1) is 26.2. The zero-order chi connectivity index (χ0) is 37.4. The zero-order valence-electron chi connectivity index (χ0n) is 32.5. The molecule has 0 aliphatic rings. The second-order valence-electron chi connectivity index (χ2n) is 11.1. The average Bonchev–Trinajstić information content (AvgIpc) is 3.60. The van der Waals surface area contributed by atoms with Gasteiger partial charge < -0.3 is 9.32 Å². The maximum Gasteiger partial charge on any atom is 0.143 e. The second-order valence-corrected chi connectivity index (χ2v) is 11.1. The minimum atomic E-state index is -0.489. The summed E-state index contributed by atoms with van der Waals surface area (Å²) in [4.78, 5) is 1.79. The lowest BCUT2D eigenvalue weighted by Gasteiger charge is -2.26. The molecule has 0 N–H and O–H groups in total. The summed E-state index contributed by atoms with van der Waals surface area (Å²) in [6, 6.07) is 37.9. The van der Waals surface area contributed by atoms with Crippen molar-refractivity contribution in [3.63, 3.8) is 0 Å². The molecule has 2 nitrogen and oxygen atoms in total. The van der Waals surface area contributed by atoms with Gasteiger partial charge in [0.05, 0.1) is 11.0 Å². The van der Waals surface area contributed by atoms with E-state index in [1.165, 1.54) is 0 Å².